The quantitative estimate of drug-likeness (QED) is 0.753. The van der Waals surface area contributed by atoms with Gasteiger partial charge in [-0.2, -0.15) is 9.78 Å². The molecule has 0 aliphatic carbocycles. The molecule has 2 heterocycles. The molecule has 0 atom stereocenters. The van der Waals surface area contributed by atoms with Crippen LogP contribution < -0.4 is 0 Å². The number of aromatic hydroxyl groups is 2. The van der Waals surface area contributed by atoms with Gasteiger partial charge in [0.15, 0.2) is 0 Å². The van der Waals surface area contributed by atoms with Crippen molar-refractivity contribution in [1.29, 1.82) is 0 Å². The molecule has 96 valence electrons. The zero-order chi connectivity index (χ0) is 13.4. The highest BCUT2D eigenvalue weighted by Crippen LogP contribution is 2.31. The van der Waals surface area contributed by atoms with Crippen molar-refractivity contribution >= 4 is 11.3 Å². The first-order valence-corrected chi connectivity index (χ1v) is 6.53. The molecule has 0 bridgehead atoms. The molecular formula is C13H11N3O2S. The number of hydrogen-bond donors (Lipinski definition) is 2. The summed E-state index contributed by atoms with van der Waals surface area (Å²) in [5, 5.41) is 26.1. The van der Waals surface area contributed by atoms with Crippen LogP contribution in [0.25, 0.3) is 16.4 Å². The second-order valence-corrected chi connectivity index (χ2v) is 4.92. The highest BCUT2D eigenvalue weighted by Gasteiger charge is 2.12. The fourth-order valence-electron chi connectivity index (χ4n) is 1.80. The summed E-state index contributed by atoms with van der Waals surface area (Å²) in [5.41, 5.74) is 2.04. The lowest BCUT2D eigenvalue weighted by molar-refractivity contribution is 0.433. The lowest BCUT2D eigenvalue weighted by Gasteiger charge is -2.00. The number of thiazole rings is 1. The number of para-hydroxylation sites is 1. The van der Waals surface area contributed by atoms with Gasteiger partial charge >= 0.3 is 0 Å². The van der Waals surface area contributed by atoms with E-state index in [0.717, 1.165) is 5.69 Å². The van der Waals surface area contributed by atoms with Crippen LogP contribution in [0.5, 0.6) is 11.6 Å². The van der Waals surface area contributed by atoms with E-state index in [1.165, 1.54) is 16.0 Å². The van der Waals surface area contributed by atoms with Crippen molar-refractivity contribution in [1.82, 2.24) is 14.8 Å². The second kappa shape index (κ2) is 4.40. The molecule has 0 aliphatic heterocycles. The van der Waals surface area contributed by atoms with E-state index < -0.39 is 0 Å². The molecule has 1 aromatic carbocycles. The van der Waals surface area contributed by atoms with E-state index in [-0.39, 0.29) is 11.6 Å². The Morgan fingerprint density at radius 2 is 2.00 bits per heavy atom. The Labute approximate surface area is 113 Å². The molecule has 0 saturated heterocycles. The summed E-state index contributed by atoms with van der Waals surface area (Å²) in [5.74, 6) is 0.232. The second-order valence-electron chi connectivity index (χ2n) is 4.09. The Balaban J connectivity index is 2.05. The molecule has 0 fully saturated rings. The Hall–Kier alpha value is -2.34. The van der Waals surface area contributed by atoms with Crippen molar-refractivity contribution in [3.63, 3.8) is 0 Å². The van der Waals surface area contributed by atoms with Gasteiger partial charge in [-0.1, -0.05) is 12.1 Å². The fraction of sp³-hybridized carbons (Fsp3) is 0.0769. The third-order valence-corrected chi connectivity index (χ3v) is 3.48. The van der Waals surface area contributed by atoms with Crippen molar-refractivity contribution in [2.24, 2.45) is 0 Å². The summed E-state index contributed by atoms with van der Waals surface area (Å²) in [7, 11) is 0. The lowest BCUT2D eigenvalue weighted by atomic mass is 10.1. The predicted octanol–water partition coefficient (Wildman–Crippen LogP) is 2.72. The molecule has 2 aromatic heterocycles. The Bertz CT molecular complexity index is 733. The van der Waals surface area contributed by atoms with E-state index in [1.807, 2.05) is 11.4 Å². The summed E-state index contributed by atoms with van der Waals surface area (Å²) in [6.07, 6.45) is 0. The van der Waals surface area contributed by atoms with Gasteiger partial charge in [0, 0.05) is 17.0 Å². The van der Waals surface area contributed by atoms with E-state index in [1.54, 1.807) is 31.2 Å². The van der Waals surface area contributed by atoms with Crippen LogP contribution in [0.3, 0.4) is 0 Å². The highest BCUT2D eigenvalue weighted by atomic mass is 32.1. The minimum atomic E-state index is 0.0516. The van der Waals surface area contributed by atoms with Crippen LogP contribution in [0.15, 0.2) is 35.7 Å². The van der Waals surface area contributed by atoms with E-state index >= 15 is 0 Å². The topological polar surface area (TPSA) is 71.2 Å². The predicted molar refractivity (Wildman–Crippen MR) is 72.7 cm³/mol. The molecule has 0 saturated carbocycles. The molecule has 0 spiro atoms. The first-order valence-electron chi connectivity index (χ1n) is 5.65. The molecule has 3 rings (SSSR count). The molecular weight excluding hydrogens is 262 g/mol. The van der Waals surface area contributed by atoms with E-state index in [9.17, 15) is 10.2 Å². The minimum Gasteiger partial charge on any atom is -0.507 e. The van der Waals surface area contributed by atoms with Crippen molar-refractivity contribution in [2.75, 3.05) is 0 Å². The maximum absolute atomic E-state index is 9.80. The Morgan fingerprint density at radius 3 is 2.68 bits per heavy atom. The molecule has 0 amide bonds. The number of aryl methyl sites for hydroxylation is 1. The van der Waals surface area contributed by atoms with Crippen LogP contribution in [-0.2, 0) is 0 Å². The van der Waals surface area contributed by atoms with Gasteiger partial charge in [0.2, 0.25) is 11.0 Å². The van der Waals surface area contributed by atoms with E-state index in [0.29, 0.717) is 16.4 Å². The number of benzene rings is 1. The van der Waals surface area contributed by atoms with Gasteiger partial charge < -0.3 is 10.2 Å². The molecule has 0 aliphatic rings. The fourth-order valence-corrected chi connectivity index (χ4v) is 2.58. The largest absolute Gasteiger partial charge is 0.507 e. The zero-order valence-corrected chi connectivity index (χ0v) is 10.9. The summed E-state index contributed by atoms with van der Waals surface area (Å²) < 4.78 is 1.38. The van der Waals surface area contributed by atoms with E-state index in [2.05, 4.69) is 10.1 Å². The van der Waals surface area contributed by atoms with Crippen molar-refractivity contribution in [3.05, 3.63) is 41.4 Å². The van der Waals surface area contributed by atoms with Gasteiger partial charge in [0.25, 0.3) is 0 Å². The molecule has 5 nitrogen and oxygen atoms in total. The molecule has 0 unspecified atom stereocenters. The van der Waals surface area contributed by atoms with E-state index in [4.69, 9.17) is 0 Å². The zero-order valence-electron chi connectivity index (χ0n) is 10.1. The van der Waals surface area contributed by atoms with Crippen LogP contribution >= 0.6 is 11.3 Å². The summed E-state index contributed by atoms with van der Waals surface area (Å²) in [4.78, 5) is 4.38. The normalized spacial score (nSPS) is 10.8. The van der Waals surface area contributed by atoms with Crippen LogP contribution in [0.2, 0.25) is 0 Å². The van der Waals surface area contributed by atoms with Crippen LogP contribution in [0, 0.1) is 6.92 Å². The monoisotopic (exact) mass is 273 g/mol. The number of phenolic OH excluding ortho intramolecular Hbond substituents is 1. The molecule has 19 heavy (non-hydrogen) atoms. The smallest absolute Gasteiger partial charge is 0.216 e. The van der Waals surface area contributed by atoms with Gasteiger partial charge in [-0.25, -0.2) is 4.98 Å². The first-order chi connectivity index (χ1) is 9.15. The number of nitrogens with zero attached hydrogens (tertiary/aromatic N) is 3. The molecule has 2 N–H and O–H groups in total. The third-order valence-electron chi connectivity index (χ3n) is 2.67. The molecule has 0 radical (unpaired) electrons. The summed E-state index contributed by atoms with van der Waals surface area (Å²) >= 11 is 1.35. The maximum Gasteiger partial charge on any atom is 0.216 e. The minimum absolute atomic E-state index is 0.0516. The van der Waals surface area contributed by atoms with Crippen molar-refractivity contribution < 1.29 is 10.2 Å². The Kier molecular flexibility index (Phi) is 2.72. The van der Waals surface area contributed by atoms with Crippen LogP contribution in [0.1, 0.15) is 5.69 Å². The standard InChI is InChI=1S/C13H11N3O2S/c1-8-6-12(18)16(15-8)13-14-10(7-19-13)9-4-2-3-5-11(9)17/h2-7,17-18H,1H3. The van der Waals surface area contributed by atoms with Crippen molar-refractivity contribution in [2.45, 2.75) is 6.92 Å². The van der Waals surface area contributed by atoms with Gasteiger partial charge in [0.05, 0.1) is 11.4 Å². The summed E-state index contributed by atoms with van der Waals surface area (Å²) in [6, 6.07) is 8.58. The number of rotatable bonds is 2. The maximum atomic E-state index is 9.80. The Morgan fingerprint density at radius 1 is 1.21 bits per heavy atom. The lowest BCUT2D eigenvalue weighted by Crippen LogP contribution is -1.95. The van der Waals surface area contributed by atoms with Crippen LogP contribution in [0.4, 0.5) is 0 Å². The molecule has 3 aromatic rings. The average Bonchev–Trinajstić information content (AvgIpc) is 2.96. The number of aromatic nitrogens is 3. The van der Waals surface area contributed by atoms with Crippen LogP contribution in [-0.4, -0.2) is 25.0 Å². The van der Waals surface area contributed by atoms with Gasteiger partial charge in [-0.3, -0.25) is 0 Å². The summed E-state index contributed by atoms with van der Waals surface area (Å²) in [6.45, 7) is 1.80. The third kappa shape index (κ3) is 2.06. The average molecular weight is 273 g/mol. The number of hydrogen-bond acceptors (Lipinski definition) is 5. The first kappa shape index (κ1) is 11.7. The van der Waals surface area contributed by atoms with Gasteiger partial charge in [-0.05, 0) is 19.1 Å². The van der Waals surface area contributed by atoms with Crippen molar-refractivity contribution in [3.8, 4) is 28.0 Å². The SMILES string of the molecule is Cc1cc(O)n(-c2nc(-c3ccccc3O)cs2)n1. The highest BCUT2D eigenvalue weighted by molar-refractivity contribution is 7.12. The molecule has 6 heteroatoms. The van der Waals surface area contributed by atoms with Gasteiger partial charge in [0.1, 0.15) is 5.75 Å². The number of phenols is 1. The van der Waals surface area contributed by atoms with Gasteiger partial charge in [-0.15, -0.1) is 11.3 Å².